The molecule has 3 aromatic heterocycles. The molecule has 2 N–H and O–H groups in total. The third kappa shape index (κ3) is 20.1. The molecule has 5 heterocycles. The number of benzene rings is 8. The summed E-state index contributed by atoms with van der Waals surface area (Å²) in [7, 11) is 6.67. The van der Waals surface area contributed by atoms with Crippen molar-refractivity contribution in [1.29, 1.82) is 0 Å². The van der Waals surface area contributed by atoms with Crippen LogP contribution in [0.2, 0.25) is 0 Å². The third-order valence-corrected chi connectivity index (χ3v) is 22.9. The highest BCUT2D eigenvalue weighted by Crippen LogP contribution is 2.51. The van der Waals surface area contributed by atoms with Gasteiger partial charge in [-0.1, -0.05) is 190 Å². The van der Waals surface area contributed by atoms with Crippen molar-refractivity contribution in [3.05, 3.63) is 166 Å². The molecule has 0 saturated carbocycles. The van der Waals surface area contributed by atoms with Gasteiger partial charge < -0.3 is 66.8 Å². The molecule has 124 heavy (non-hydrogen) atoms. The second-order valence-corrected chi connectivity index (χ2v) is 40.9. The van der Waals surface area contributed by atoms with Gasteiger partial charge in [0.1, 0.15) is 45.6 Å². The van der Waals surface area contributed by atoms with E-state index in [0.717, 1.165) is 156 Å². The zero-order chi connectivity index (χ0) is 89.6. The third-order valence-electron chi connectivity index (χ3n) is 22.9. The SMILES string of the molecule is COCCOCOc1c(C(C)(C)C)cc(-c2ccc3c(c2)-c2nc-3nc3[nH]c(nc4nc(nc5[nH]c(n2)c2cc(-c6cc(C(C)(C)C)c(OCOCCOC)c(C(C)(C)C)c6)ccc52)-c2ccc(-c5cc(C(C)(C)C)c(OCOCCOC)c(C(C)(C)C)c5)cc2-4)c2cc(-c4cc(C(C)(C)C)c(OCOCCOC)c(C(C)(C)C)c4)ccc32)cc1C(C)(C)C. The van der Waals surface area contributed by atoms with Gasteiger partial charge in [-0.3, -0.25) is 0 Å². The molecule has 0 aliphatic carbocycles. The van der Waals surface area contributed by atoms with Crippen molar-refractivity contribution >= 4 is 44.1 Å². The fraction of sp³-hybridized carbons (Fsp3) is 0.462. The van der Waals surface area contributed by atoms with Crippen LogP contribution in [-0.4, -0.2) is 148 Å². The summed E-state index contributed by atoms with van der Waals surface area (Å²) >= 11 is 0. The Morgan fingerprint density at radius 3 is 0.653 bits per heavy atom. The standard InChI is InChI=1S/C104H130N8O12/c1-97(2,3)77-49-65(50-78(98(4,5)6)85(77)121-57-117-41-37-113-25)61-29-33-69-73(45-61)93-107-89(69)105-90-71-35-31-63(67-53-81(101(13,14)15)87(82(54-67)102(16,17)18)123-59-119-43-39-115-27)47-75(71)95(109-90)112-96-76-48-64(68-55-83(103(19,20)21)88(84(56-68)104(22,23)24)124-60-120-44-40-116-28)32-36-72(76)92(110-96)106-91-70-34-30-62(46-74(70)94(108-91)111-93)66-51-79(99(7,8)9)86(80(52-66)100(10,11)12)122-58-118-42-38-114-26/h29-36,45-56H,37-44,57-60H2,1-28H3,(H2,105,106,107,108,109,110,111,112). The average Bonchev–Trinajstić information content (AvgIpc) is 1.54. The van der Waals surface area contributed by atoms with E-state index >= 15 is 0 Å². The largest absolute Gasteiger partial charge is 0.467 e. The number of aromatic nitrogens is 8. The van der Waals surface area contributed by atoms with Crippen LogP contribution in [0.4, 0.5) is 0 Å². The number of hydrogen-bond acceptors (Lipinski definition) is 18. The first-order valence-corrected chi connectivity index (χ1v) is 43.3. The highest BCUT2D eigenvalue weighted by Gasteiger charge is 2.36. The molecule has 8 aromatic carbocycles. The molecule has 658 valence electrons. The van der Waals surface area contributed by atoms with Crippen LogP contribution in [0.25, 0.3) is 134 Å². The monoisotopic (exact) mass is 1680 g/mol. The van der Waals surface area contributed by atoms with Gasteiger partial charge in [-0.05, 0) is 185 Å². The van der Waals surface area contributed by atoms with Crippen LogP contribution >= 0.6 is 0 Å². The average molecular weight is 1680 g/mol. The predicted molar refractivity (Wildman–Crippen MR) is 501 cm³/mol. The van der Waals surface area contributed by atoms with E-state index in [-0.39, 0.29) is 70.5 Å². The molecule has 0 spiro atoms. The normalized spacial score (nSPS) is 13.0. The van der Waals surface area contributed by atoms with Crippen LogP contribution in [0, 0.1) is 0 Å². The maximum Gasteiger partial charge on any atom is 0.189 e. The lowest BCUT2D eigenvalue weighted by molar-refractivity contribution is -0.0100. The van der Waals surface area contributed by atoms with Gasteiger partial charge in [0.15, 0.2) is 50.5 Å². The van der Waals surface area contributed by atoms with Gasteiger partial charge in [0, 0.05) is 117 Å². The predicted octanol–water partition coefficient (Wildman–Crippen LogP) is 23.9. The van der Waals surface area contributed by atoms with Gasteiger partial charge in [-0.2, -0.15) is 0 Å². The Bertz CT molecular complexity index is 5440. The summed E-state index contributed by atoms with van der Waals surface area (Å²) in [6, 6.07) is 44.2. The van der Waals surface area contributed by atoms with Crippen molar-refractivity contribution in [2.45, 2.75) is 209 Å². The molecular weight excluding hydrogens is 1550 g/mol. The van der Waals surface area contributed by atoms with E-state index in [9.17, 15) is 0 Å². The number of rotatable bonds is 28. The van der Waals surface area contributed by atoms with Crippen LogP contribution in [0.15, 0.2) is 121 Å². The van der Waals surface area contributed by atoms with Gasteiger partial charge in [-0.15, -0.1) is 0 Å². The summed E-state index contributed by atoms with van der Waals surface area (Å²) in [5.74, 6) is 5.06. The Labute approximate surface area is 733 Å². The first kappa shape index (κ1) is 91.7. The number of H-pyrrole nitrogens is 2. The van der Waals surface area contributed by atoms with E-state index < -0.39 is 0 Å². The molecule has 2 aliphatic rings. The van der Waals surface area contributed by atoms with Crippen molar-refractivity contribution in [2.24, 2.45) is 0 Å². The quantitative estimate of drug-likeness (QED) is 0.0344. The molecule has 8 bridgehead atoms. The molecular formula is C104H130N8O12. The first-order valence-electron chi connectivity index (χ1n) is 43.3. The van der Waals surface area contributed by atoms with Crippen molar-refractivity contribution < 1.29 is 56.8 Å². The number of nitrogens with one attached hydrogen (secondary N) is 2. The summed E-state index contributed by atoms with van der Waals surface area (Å²) in [5.41, 5.74) is 18.9. The van der Waals surface area contributed by atoms with E-state index in [1.165, 1.54) is 0 Å². The lowest BCUT2D eigenvalue weighted by Crippen LogP contribution is -2.21. The minimum absolute atomic E-state index is 0.0732. The van der Waals surface area contributed by atoms with Gasteiger partial charge in [-0.25, -0.2) is 29.9 Å². The van der Waals surface area contributed by atoms with Crippen molar-refractivity contribution in [3.63, 3.8) is 0 Å². The molecule has 0 amide bonds. The minimum Gasteiger partial charge on any atom is -0.467 e. The van der Waals surface area contributed by atoms with E-state index in [1.807, 2.05) is 0 Å². The Hall–Kier alpha value is -10.0. The fourth-order valence-electron chi connectivity index (χ4n) is 16.0. The molecule has 20 heteroatoms. The fourth-order valence-corrected chi connectivity index (χ4v) is 16.0. The zero-order valence-corrected chi connectivity index (χ0v) is 78.6. The van der Waals surface area contributed by atoms with Gasteiger partial charge >= 0.3 is 0 Å². The van der Waals surface area contributed by atoms with E-state index in [0.29, 0.717) is 98.7 Å². The number of methoxy groups -OCH3 is 4. The van der Waals surface area contributed by atoms with Crippen LogP contribution < -0.4 is 18.9 Å². The molecule has 13 rings (SSSR count). The maximum atomic E-state index is 6.69. The molecule has 2 aliphatic heterocycles. The number of hydrogen-bond donors (Lipinski definition) is 2. The highest BCUT2D eigenvalue weighted by molar-refractivity contribution is 6.08. The zero-order valence-electron chi connectivity index (χ0n) is 78.6. The number of ether oxygens (including phenoxy) is 12. The topological polar surface area (TPSA) is 220 Å². The summed E-state index contributed by atoms with van der Waals surface area (Å²) in [6.45, 7) is 57.1. The lowest BCUT2D eigenvalue weighted by Gasteiger charge is -2.30. The molecule has 0 unspecified atom stereocenters. The van der Waals surface area contributed by atoms with Crippen molar-refractivity contribution in [3.8, 4) is 113 Å². The van der Waals surface area contributed by atoms with E-state index in [2.05, 4.69) is 297 Å². The lowest BCUT2D eigenvalue weighted by atomic mass is 9.77. The van der Waals surface area contributed by atoms with Crippen LogP contribution in [-0.2, 0) is 81.2 Å². The van der Waals surface area contributed by atoms with Crippen LogP contribution in [0.5, 0.6) is 23.0 Å². The maximum absolute atomic E-state index is 6.69. The Morgan fingerprint density at radius 2 is 0.427 bits per heavy atom. The second-order valence-electron chi connectivity index (χ2n) is 40.9. The molecule has 0 fully saturated rings. The summed E-state index contributed by atoms with van der Waals surface area (Å²) in [5, 5.41) is 3.26. The van der Waals surface area contributed by atoms with Gasteiger partial charge in [0.25, 0.3) is 0 Å². The molecule has 20 nitrogen and oxygen atoms in total. The highest BCUT2D eigenvalue weighted by atomic mass is 16.7. The molecule has 0 saturated heterocycles. The van der Waals surface area contributed by atoms with Gasteiger partial charge in [0.05, 0.1) is 52.9 Å². The summed E-state index contributed by atoms with van der Waals surface area (Å²) < 4.78 is 72.0. The Morgan fingerprint density at radius 1 is 0.218 bits per heavy atom. The molecule has 0 atom stereocenters. The van der Waals surface area contributed by atoms with E-state index in [1.54, 1.807) is 28.4 Å². The first-order chi connectivity index (χ1) is 58.4. The smallest absolute Gasteiger partial charge is 0.189 e. The summed E-state index contributed by atoms with van der Waals surface area (Å²) in [4.78, 5) is 41.8. The van der Waals surface area contributed by atoms with Crippen LogP contribution in [0.3, 0.4) is 0 Å². The molecule has 0 radical (unpaired) electrons. The summed E-state index contributed by atoms with van der Waals surface area (Å²) in [6.07, 6.45) is 0. The molecule has 11 aromatic rings. The van der Waals surface area contributed by atoms with Crippen molar-refractivity contribution in [1.82, 2.24) is 39.9 Å². The number of aromatic amines is 2. The Kier molecular flexibility index (Phi) is 26.7. The number of nitrogens with zero attached hydrogens (tertiary/aromatic N) is 6. The van der Waals surface area contributed by atoms with Crippen molar-refractivity contribution in [2.75, 3.05) is 108 Å². The Balaban J connectivity index is 1.12. The van der Waals surface area contributed by atoms with Crippen LogP contribution in [0.1, 0.15) is 211 Å². The van der Waals surface area contributed by atoms with Gasteiger partial charge in [0.2, 0.25) is 0 Å². The number of fused-ring (bicyclic) bond motifs is 20. The van der Waals surface area contributed by atoms with E-state index in [4.69, 9.17) is 86.7 Å². The minimum atomic E-state index is -0.341. The second kappa shape index (κ2) is 36.2.